The predicted octanol–water partition coefficient (Wildman–Crippen LogP) is 4.85. The van der Waals surface area contributed by atoms with Gasteiger partial charge in [-0.2, -0.15) is 4.31 Å². The Bertz CT molecular complexity index is 1120. The van der Waals surface area contributed by atoms with E-state index in [-0.39, 0.29) is 23.3 Å². The molecule has 0 aliphatic rings. The van der Waals surface area contributed by atoms with Crippen LogP contribution in [0.1, 0.15) is 32.8 Å². The lowest BCUT2D eigenvalue weighted by Crippen LogP contribution is -2.52. The quantitative estimate of drug-likeness (QED) is 0.424. The maximum Gasteiger partial charge on any atom is 0.243 e. The Morgan fingerprint density at radius 3 is 2.09 bits per heavy atom. The van der Waals surface area contributed by atoms with Gasteiger partial charge in [0.1, 0.15) is 6.04 Å². The molecule has 35 heavy (non-hydrogen) atoms. The molecule has 2 aromatic carbocycles. The van der Waals surface area contributed by atoms with Crippen molar-refractivity contribution >= 4 is 56.6 Å². The summed E-state index contributed by atoms with van der Waals surface area (Å²) in [5.41, 5.74) is 0.475. The van der Waals surface area contributed by atoms with E-state index in [1.807, 2.05) is 13.8 Å². The van der Waals surface area contributed by atoms with E-state index < -0.39 is 28.5 Å². The van der Waals surface area contributed by atoms with E-state index in [0.717, 1.165) is 4.31 Å². The molecular weight excluding hydrogens is 533 g/mol. The Labute approximate surface area is 222 Å². The second kappa shape index (κ2) is 12.9. The molecule has 0 aliphatic carbocycles. The zero-order valence-electron chi connectivity index (χ0n) is 20.1. The van der Waals surface area contributed by atoms with Gasteiger partial charge in [-0.1, -0.05) is 61.6 Å². The standard InChI is InChI=1S/C24H30Cl3N3O4S/c1-5-22(24(32)28-13-16(2)3)30(14-19-20(26)7-6-8-21(19)27)23(31)15-29(4)35(33,34)18-11-9-17(25)10-12-18/h6-12,16,22H,5,13-15H2,1-4H3,(H,28,32). The molecule has 0 heterocycles. The van der Waals surface area contributed by atoms with Gasteiger partial charge in [-0.05, 0) is 48.7 Å². The fourth-order valence-corrected chi connectivity index (χ4v) is 5.11. The number of sulfonamides is 1. The predicted molar refractivity (Wildman–Crippen MR) is 140 cm³/mol. The summed E-state index contributed by atoms with van der Waals surface area (Å²) in [6.07, 6.45) is 0.311. The van der Waals surface area contributed by atoms with Crippen LogP contribution in [0, 0.1) is 5.92 Å². The number of nitrogens with zero attached hydrogens (tertiary/aromatic N) is 2. The van der Waals surface area contributed by atoms with Crippen molar-refractivity contribution < 1.29 is 18.0 Å². The third-order valence-electron chi connectivity index (χ3n) is 5.34. The molecule has 1 unspecified atom stereocenters. The number of rotatable bonds is 11. The van der Waals surface area contributed by atoms with Crippen LogP contribution in [0.3, 0.4) is 0 Å². The third kappa shape index (κ3) is 7.82. The van der Waals surface area contributed by atoms with Gasteiger partial charge in [0.15, 0.2) is 0 Å². The summed E-state index contributed by atoms with van der Waals surface area (Å²) >= 11 is 18.5. The highest BCUT2D eigenvalue weighted by Gasteiger charge is 2.32. The molecule has 1 N–H and O–H groups in total. The van der Waals surface area contributed by atoms with Crippen molar-refractivity contribution in [1.82, 2.24) is 14.5 Å². The first-order valence-corrected chi connectivity index (χ1v) is 13.7. The maximum atomic E-state index is 13.5. The molecular formula is C24H30Cl3N3O4S. The van der Waals surface area contributed by atoms with Gasteiger partial charge in [0.05, 0.1) is 11.4 Å². The SMILES string of the molecule is CCC(C(=O)NCC(C)C)N(Cc1c(Cl)cccc1Cl)C(=O)CN(C)S(=O)(=O)c1ccc(Cl)cc1. The Kier molecular flexibility index (Phi) is 10.9. The number of likely N-dealkylation sites (N-methyl/N-ethyl adjacent to an activating group) is 1. The van der Waals surface area contributed by atoms with Crippen LogP contribution in [0.25, 0.3) is 0 Å². The van der Waals surface area contributed by atoms with E-state index >= 15 is 0 Å². The van der Waals surface area contributed by atoms with Crippen molar-refractivity contribution in [2.24, 2.45) is 5.92 Å². The van der Waals surface area contributed by atoms with E-state index in [2.05, 4.69) is 5.32 Å². The van der Waals surface area contributed by atoms with Gasteiger partial charge in [-0.3, -0.25) is 9.59 Å². The number of hydrogen-bond donors (Lipinski definition) is 1. The lowest BCUT2D eigenvalue weighted by Gasteiger charge is -2.32. The average Bonchev–Trinajstić information content (AvgIpc) is 2.79. The van der Waals surface area contributed by atoms with Gasteiger partial charge in [0.25, 0.3) is 0 Å². The molecule has 2 amide bonds. The van der Waals surface area contributed by atoms with Gasteiger partial charge in [0.2, 0.25) is 21.8 Å². The minimum Gasteiger partial charge on any atom is -0.354 e. The van der Waals surface area contributed by atoms with Crippen molar-refractivity contribution in [3.05, 3.63) is 63.1 Å². The molecule has 1 atom stereocenters. The number of carbonyl (C=O) groups is 2. The van der Waals surface area contributed by atoms with Gasteiger partial charge >= 0.3 is 0 Å². The minimum atomic E-state index is -3.97. The van der Waals surface area contributed by atoms with E-state index in [4.69, 9.17) is 34.8 Å². The Hall–Kier alpha value is -1.84. The molecule has 0 aliphatic heterocycles. The number of carbonyl (C=O) groups excluding carboxylic acids is 2. The largest absolute Gasteiger partial charge is 0.354 e. The number of amides is 2. The molecule has 0 saturated heterocycles. The summed E-state index contributed by atoms with van der Waals surface area (Å²) in [6.45, 7) is 5.60. The first-order valence-electron chi connectivity index (χ1n) is 11.1. The summed E-state index contributed by atoms with van der Waals surface area (Å²) < 4.78 is 27.0. The molecule has 0 spiro atoms. The van der Waals surface area contributed by atoms with Crippen molar-refractivity contribution in [3.8, 4) is 0 Å². The van der Waals surface area contributed by atoms with Crippen molar-refractivity contribution in [1.29, 1.82) is 0 Å². The average molecular weight is 563 g/mol. The molecule has 2 aromatic rings. The highest BCUT2D eigenvalue weighted by Crippen LogP contribution is 2.27. The highest BCUT2D eigenvalue weighted by molar-refractivity contribution is 7.89. The fraction of sp³-hybridized carbons (Fsp3) is 0.417. The van der Waals surface area contributed by atoms with Gasteiger partial charge < -0.3 is 10.2 Å². The van der Waals surface area contributed by atoms with Crippen LogP contribution in [0.2, 0.25) is 15.1 Å². The zero-order chi connectivity index (χ0) is 26.3. The lowest BCUT2D eigenvalue weighted by molar-refractivity contribution is -0.141. The molecule has 0 fully saturated rings. The zero-order valence-corrected chi connectivity index (χ0v) is 23.2. The summed E-state index contributed by atoms with van der Waals surface area (Å²) in [5.74, 6) is -0.678. The highest BCUT2D eigenvalue weighted by atomic mass is 35.5. The van der Waals surface area contributed by atoms with Crippen LogP contribution in [0.15, 0.2) is 47.4 Å². The van der Waals surface area contributed by atoms with Crippen LogP contribution in [0.5, 0.6) is 0 Å². The molecule has 11 heteroatoms. The van der Waals surface area contributed by atoms with Crippen molar-refractivity contribution in [2.45, 2.75) is 44.7 Å². The lowest BCUT2D eigenvalue weighted by atomic mass is 10.1. The normalized spacial score (nSPS) is 12.6. The molecule has 0 saturated carbocycles. The summed E-state index contributed by atoms with van der Waals surface area (Å²) in [7, 11) is -2.67. The first-order chi connectivity index (χ1) is 16.4. The van der Waals surface area contributed by atoms with Crippen LogP contribution in [0.4, 0.5) is 0 Å². The van der Waals surface area contributed by atoms with Crippen molar-refractivity contribution in [2.75, 3.05) is 20.1 Å². The molecule has 192 valence electrons. The van der Waals surface area contributed by atoms with Crippen LogP contribution in [-0.2, 0) is 26.2 Å². The number of hydrogen-bond acceptors (Lipinski definition) is 4. The third-order valence-corrected chi connectivity index (χ3v) is 8.12. The second-order valence-electron chi connectivity index (χ2n) is 8.50. The van der Waals surface area contributed by atoms with E-state index in [0.29, 0.717) is 33.6 Å². The summed E-state index contributed by atoms with van der Waals surface area (Å²) in [5, 5.41) is 3.93. The summed E-state index contributed by atoms with van der Waals surface area (Å²) in [4.78, 5) is 27.8. The van der Waals surface area contributed by atoms with E-state index in [9.17, 15) is 18.0 Å². The van der Waals surface area contributed by atoms with Crippen LogP contribution >= 0.6 is 34.8 Å². The van der Waals surface area contributed by atoms with Crippen LogP contribution < -0.4 is 5.32 Å². The minimum absolute atomic E-state index is 0.000355. The number of halogens is 3. The molecule has 0 bridgehead atoms. The molecule has 7 nitrogen and oxygen atoms in total. The topological polar surface area (TPSA) is 86.8 Å². The Morgan fingerprint density at radius 1 is 1.00 bits per heavy atom. The Balaban J connectivity index is 2.37. The van der Waals surface area contributed by atoms with Crippen LogP contribution in [-0.4, -0.2) is 55.6 Å². The van der Waals surface area contributed by atoms with Crippen molar-refractivity contribution in [3.63, 3.8) is 0 Å². The molecule has 0 radical (unpaired) electrons. The van der Waals surface area contributed by atoms with E-state index in [1.165, 1.54) is 36.2 Å². The number of nitrogens with one attached hydrogen (secondary N) is 1. The second-order valence-corrected chi connectivity index (χ2v) is 11.8. The van der Waals surface area contributed by atoms with E-state index in [1.54, 1.807) is 25.1 Å². The molecule has 2 rings (SSSR count). The summed E-state index contributed by atoms with van der Waals surface area (Å²) in [6, 6.07) is 9.77. The smallest absolute Gasteiger partial charge is 0.243 e. The fourth-order valence-electron chi connectivity index (χ4n) is 3.35. The molecule has 0 aromatic heterocycles. The maximum absolute atomic E-state index is 13.5. The van der Waals surface area contributed by atoms with Gasteiger partial charge in [-0.15, -0.1) is 0 Å². The van der Waals surface area contributed by atoms with Gasteiger partial charge in [0, 0.05) is 40.8 Å². The van der Waals surface area contributed by atoms with Gasteiger partial charge in [-0.25, -0.2) is 8.42 Å². The first kappa shape index (κ1) is 29.4. The monoisotopic (exact) mass is 561 g/mol. The Morgan fingerprint density at radius 2 is 1.57 bits per heavy atom. The number of benzene rings is 2.